The van der Waals surface area contributed by atoms with Gasteiger partial charge in [-0.05, 0) is 38.5 Å². The van der Waals surface area contributed by atoms with Crippen molar-refractivity contribution < 1.29 is 14.4 Å². The third-order valence-corrected chi connectivity index (χ3v) is 4.54. The average molecular weight is 252 g/mol. The molecule has 0 amide bonds. The zero-order valence-corrected chi connectivity index (χ0v) is 11.3. The molecule has 1 N–H and O–H groups in total. The number of quaternary nitrogens is 1. The Hall–Kier alpha value is -0.380. The molecule has 0 spiro atoms. The van der Waals surface area contributed by atoms with Crippen molar-refractivity contribution in [3.8, 4) is 0 Å². The van der Waals surface area contributed by atoms with E-state index in [-0.39, 0.29) is 6.29 Å². The molecule has 3 nitrogen and oxygen atoms in total. The minimum absolute atomic E-state index is 0.0733. The lowest BCUT2D eigenvalue weighted by molar-refractivity contribution is -0.907. The van der Waals surface area contributed by atoms with Gasteiger partial charge in [0.1, 0.15) is 12.6 Å². The standard InChI is InChI=1S/C15H25NO2/c1-3-7-13(8-4-1)15-17-12-14(18-15)11-16-9-5-2-6-10-16/h1,3,13-15H,2,4-12H2/p+1/t13-,14-,15+/m0/s1. The molecule has 3 aliphatic rings. The Kier molecular flexibility index (Phi) is 4.34. The normalized spacial score (nSPS) is 38.1. The van der Waals surface area contributed by atoms with E-state index in [1.165, 1.54) is 45.2 Å². The maximum absolute atomic E-state index is 6.13. The fourth-order valence-electron chi connectivity index (χ4n) is 3.47. The number of piperidine rings is 1. The molecule has 0 aromatic rings. The molecule has 18 heavy (non-hydrogen) atoms. The summed E-state index contributed by atoms with van der Waals surface area (Å²) in [5, 5.41) is 0. The van der Waals surface area contributed by atoms with E-state index in [0.717, 1.165) is 19.6 Å². The Balaban J connectivity index is 1.44. The minimum Gasteiger partial charge on any atom is -0.349 e. The molecule has 0 aromatic carbocycles. The predicted octanol–water partition coefficient (Wildman–Crippen LogP) is 1.15. The van der Waals surface area contributed by atoms with Crippen molar-refractivity contribution >= 4 is 0 Å². The van der Waals surface area contributed by atoms with Crippen LogP contribution in [0.25, 0.3) is 0 Å². The smallest absolute Gasteiger partial charge is 0.161 e. The Morgan fingerprint density at radius 2 is 2.00 bits per heavy atom. The van der Waals surface area contributed by atoms with Crippen LogP contribution in [0, 0.1) is 5.92 Å². The second-order valence-electron chi connectivity index (χ2n) is 6.02. The summed E-state index contributed by atoms with van der Waals surface area (Å²) in [6, 6.07) is 0. The van der Waals surface area contributed by atoms with Crippen LogP contribution < -0.4 is 4.90 Å². The zero-order chi connectivity index (χ0) is 12.2. The molecular weight excluding hydrogens is 226 g/mol. The summed E-state index contributed by atoms with van der Waals surface area (Å²) in [4.78, 5) is 1.72. The lowest BCUT2D eigenvalue weighted by Crippen LogP contribution is -3.13. The average Bonchev–Trinajstić information content (AvgIpc) is 2.89. The molecule has 0 aromatic heterocycles. The summed E-state index contributed by atoms with van der Waals surface area (Å²) in [6.07, 6.45) is 12.7. The highest BCUT2D eigenvalue weighted by Crippen LogP contribution is 2.28. The second-order valence-corrected chi connectivity index (χ2v) is 6.02. The predicted molar refractivity (Wildman–Crippen MR) is 70.5 cm³/mol. The maximum atomic E-state index is 6.13. The van der Waals surface area contributed by atoms with E-state index in [2.05, 4.69) is 12.2 Å². The van der Waals surface area contributed by atoms with Crippen molar-refractivity contribution in [2.24, 2.45) is 5.92 Å². The van der Waals surface area contributed by atoms with E-state index in [1.54, 1.807) is 4.90 Å². The van der Waals surface area contributed by atoms with Crippen LogP contribution in [-0.2, 0) is 9.47 Å². The molecule has 2 saturated heterocycles. The van der Waals surface area contributed by atoms with Gasteiger partial charge in [-0.25, -0.2) is 0 Å². The van der Waals surface area contributed by atoms with Crippen LogP contribution in [0.3, 0.4) is 0 Å². The van der Waals surface area contributed by atoms with E-state index < -0.39 is 0 Å². The zero-order valence-electron chi connectivity index (χ0n) is 11.3. The lowest BCUT2D eigenvalue weighted by atomic mass is 9.94. The highest BCUT2D eigenvalue weighted by Gasteiger charge is 2.34. The summed E-state index contributed by atoms with van der Waals surface area (Å²) < 4.78 is 12.0. The first kappa shape index (κ1) is 12.6. The lowest BCUT2D eigenvalue weighted by Gasteiger charge is -2.26. The van der Waals surface area contributed by atoms with Crippen LogP contribution in [0.4, 0.5) is 0 Å². The van der Waals surface area contributed by atoms with Gasteiger partial charge in [-0.15, -0.1) is 0 Å². The van der Waals surface area contributed by atoms with Gasteiger partial charge in [-0.1, -0.05) is 12.2 Å². The summed E-state index contributed by atoms with van der Waals surface area (Å²) in [6.45, 7) is 4.63. The molecular formula is C15H26NO2+. The number of hydrogen-bond donors (Lipinski definition) is 1. The summed E-state index contributed by atoms with van der Waals surface area (Å²) in [7, 11) is 0. The Bertz CT molecular complexity index is 286. The quantitative estimate of drug-likeness (QED) is 0.762. The van der Waals surface area contributed by atoms with Crippen LogP contribution >= 0.6 is 0 Å². The first-order valence-electron chi connectivity index (χ1n) is 7.67. The SMILES string of the molecule is C1=CC[C@H]([C@@H]2OC[C@H](C[NH+]3CCCCC3)O2)CC1. The fraction of sp³-hybridized carbons (Fsp3) is 0.867. The molecule has 2 heterocycles. The van der Waals surface area contributed by atoms with Crippen molar-refractivity contribution in [1.82, 2.24) is 0 Å². The third-order valence-electron chi connectivity index (χ3n) is 4.54. The first-order chi connectivity index (χ1) is 8.92. The molecule has 1 aliphatic carbocycles. The van der Waals surface area contributed by atoms with Crippen molar-refractivity contribution in [3.63, 3.8) is 0 Å². The van der Waals surface area contributed by atoms with E-state index in [4.69, 9.17) is 9.47 Å². The largest absolute Gasteiger partial charge is 0.349 e. The first-order valence-corrected chi connectivity index (χ1v) is 7.67. The van der Waals surface area contributed by atoms with Crippen molar-refractivity contribution in [3.05, 3.63) is 12.2 Å². The van der Waals surface area contributed by atoms with Crippen molar-refractivity contribution in [1.29, 1.82) is 0 Å². The summed E-state index contributed by atoms with van der Waals surface area (Å²) >= 11 is 0. The molecule has 0 unspecified atom stereocenters. The monoisotopic (exact) mass is 252 g/mol. The molecule has 3 rings (SSSR count). The number of nitrogens with one attached hydrogen (secondary N) is 1. The van der Waals surface area contributed by atoms with Gasteiger partial charge in [0.25, 0.3) is 0 Å². The van der Waals surface area contributed by atoms with Gasteiger partial charge in [0, 0.05) is 5.92 Å². The summed E-state index contributed by atoms with van der Waals surface area (Å²) in [5.74, 6) is 0.594. The number of likely N-dealkylation sites (tertiary alicyclic amines) is 1. The van der Waals surface area contributed by atoms with Crippen LogP contribution in [0.2, 0.25) is 0 Å². The highest BCUT2D eigenvalue weighted by molar-refractivity contribution is 4.91. The summed E-state index contributed by atoms with van der Waals surface area (Å²) in [5.41, 5.74) is 0. The van der Waals surface area contributed by atoms with Gasteiger partial charge in [0.2, 0.25) is 0 Å². The second kappa shape index (κ2) is 6.18. The van der Waals surface area contributed by atoms with E-state index in [0.29, 0.717) is 12.0 Å². The molecule has 0 bridgehead atoms. The Morgan fingerprint density at radius 3 is 2.78 bits per heavy atom. The number of ether oxygens (including phenoxy) is 2. The number of rotatable bonds is 3. The maximum Gasteiger partial charge on any atom is 0.161 e. The van der Waals surface area contributed by atoms with Gasteiger partial charge in [0.05, 0.1) is 19.7 Å². The van der Waals surface area contributed by atoms with Crippen molar-refractivity contribution in [2.45, 2.75) is 50.9 Å². The van der Waals surface area contributed by atoms with Gasteiger partial charge in [0.15, 0.2) is 6.29 Å². The fourth-order valence-corrected chi connectivity index (χ4v) is 3.47. The molecule has 2 aliphatic heterocycles. The van der Waals surface area contributed by atoms with Crippen LogP contribution in [0.15, 0.2) is 12.2 Å². The van der Waals surface area contributed by atoms with Crippen molar-refractivity contribution in [2.75, 3.05) is 26.2 Å². The van der Waals surface area contributed by atoms with E-state index >= 15 is 0 Å². The van der Waals surface area contributed by atoms with Crippen LogP contribution in [-0.4, -0.2) is 38.6 Å². The molecule has 2 fully saturated rings. The topological polar surface area (TPSA) is 22.9 Å². The molecule has 3 atom stereocenters. The van der Waals surface area contributed by atoms with Crippen LogP contribution in [0.5, 0.6) is 0 Å². The molecule has 102 valence electrons. The van der Waals surface area contributed by atoms with E-state index in [9.17, 15) is 0 Å². The third kappa shape index (κ3) is 3.14. The van der Waals surface area contributed by atoms with Gasteiger partial charge in [-0.3, -0.25) is 0 Å². The van der Waals surface area contributed by atoms with Gasteiger partial charge < -0.3 is 14.4 Å². The number of hydrogen-bond acceptors (Lipinski definition) is 2. The number of allylic oxidation sites excluding steroid dienone is 2. The molecule has 3 heteroatoms. The van der Waals surface area contributed by atoms with E-state index in [1.807, 2.05) is 0 Å². The highest BCUT2D eigenvalue weighted by atomic mass is 16.7. The molecule has 0 radical (unpaired) electrons. The Morgan fingerprint density at radius 1 is 1.11 bits per heavy atom. The van der Waals surface area contributed by atoms with Crippen LogP contribution in [0.1, 0.15) is 38.5 Å². The Labute approximate surface area is 110 Å². The van der Waals surface area contributed by atoms with Gasteiger partial charge in [-0.2, -0.15) is 0 Å². The van der Waals surface area contributed by atoms with Gasteiger partial charge >= 0.3 is 0 Å². The molecule has 0 saturated carbocycles. The minimum atomic E-state index is 0.0733.